The summed E-state index contributed by atoms with van der Waals surface area (Å²) in [6.07, 6.45) is 4.58. The molecule has 130 valence electrons. The smallest absolute Gasteiger partial charge is 0.241 e. The Kier molecular flexibility index (Phi) is 4.48. The summed E-state index contributed by atoms with van der Waals surface area (Å²) in [5.41, 5.74) is 3.61. The maximum absolute atomic E-state index is 12.8. The molecule has 0 saturated heterocycles. The molecule has 24 heavy (non-hydrogen) atoms. The highest BCUT2D eigenvalue weighted by molar-refractivity contribution is 7.89. The zero-order chi connectivity index (χ0) is 17.5. The van der Waals surface area contributed by atoms with Crippen molar-refractivity contribution in [3.63, 3.8) is 0 Å². The van der Waals surface area contributed by atoms with Gasteiger partial charge in [-0.1, -0.05) is 6.07 Å². The molecule has 0 radical (unpaired) electrons. The van der Waals surface area contributed by atoms with Crippen LogP contribution in [0.3, 0.4) is 0 Å². The predicted octanol–water partition coefficient (Wildman–Crippen LogP) is 2.37. The van der Waals surface area contributed by atoms with Crippen molar-refractivity contribution in [2.45, 2.75) is 57.9 Å². The first-order valence-electron chi connectivity index (χ1n) is 8.26. The van der Waals surface area contributed by atoms with E-state index in [9.17, 15) is 8.42 Å². The highest BCUT2D eigenvalue weighted by atomic mass is 32.2. The number of benzene rings is 1. The van der Waals surface area contributed by atoms with E-state index in [-0.39, 0.29) is 0 Å². The van der Waals surface area contributed by atoms with Crippen molar-refractivity contribution in [3.8, 4) is 0 Å². The van der Waals surface area contributed by atoms with E-state index in [2.05, 4.69) is 19.5 Å². The summed E-state index contributed by atoms with van der Waals surface area (Å²) < 4.78 is 30.4. The molecular weight excluding hydrogens is 324 g/mol. The van der Waals surface area contributed by atoms with E-state index in [0.717, 1.165) is 40.9 Å². The van der Waals surface area contributed by atoms with Crippen LogP contribution >= 0.6 is 0 Å². The Bertz CT molecular complexity index is 841. The van der Waals surface area contributed by atoms with Gasteiger partial charge in [-0.15, -0.1) is 10.2 Å². The van der Waals surface area contributed by atoms with E-state index >= 15 is 0 Å². The Morgan fingerprint density at radius 3 is 2.38 bits per heavy atom. The van der Waals surface area contributed by atoms with Crippen LogP contribution in [0.2, 0.25) is 0 Å². The normalized spacial score (nSPS) is 15.0. The molecule has 3 rings (SSSR count). The molecule has 0 aliphatic heterocycles. The quantitative estimate of drug-likeness (QED) is 0.869. The lowest BCUT2D eigenvalue weighted by Gasteiger charge is -2.16. The van der Waals surface area contributed by atoms with Gasteiger partial charge >= 0.3 is 0 Å². The minimum absolute atomic E-state index is 0.319. The molecule has 1 saturated carbocycles. The molecule has 1 aromatic carbocycles. The Hall–Kier alpha value is -1.73. The fourth-order valence-electron chi connectivity index (χ4n) is 3.06. The van der Waals surface area contributed by atoms with Crippen molar-refractivity contribution < 1.29 is 8.42 Å². The molecular formula is C17H24N4O2S. The van der Waals surface area contributed by atoms with Crippen molar-refractivity contribution in [1.82, 2.24) is 19.5 Å². The first-order chi connectivity index (χ1) is 11.3. The molecule has 1 aliphatic rings. The summed E-state index contributed by atoms with van der Waals surface area (Å²) in [5, 5.41) is 8.06. The zero-order valence-corrected chi connectivity index (χ0v) is 15.4. The molecule has 0 unspecified atom stereocenters. The Morgan fingerprint density at radius 1 is 1.17 bits per heavy atom. The summed E-state index contributed by atoms with van der Waals surface area (Å²) >= 11 is 0. The lowest BCUT2D eigenvalue weighted by atomic mass is 10.0. The van der Waals surface area contributed by atoms with Gasteiger partial charge < -0.3 is 4.57 Å². The summed E-state index contributed by atoms with van der Waals surface area (Å²) in [6, 6.07) is 2.53. The third kappa shape index (κ3) is 3.23. The SMILES string of the molecule is Cc1cc(C)c(C)c(S(=O)(=O)NCCc2nncn2C2CC2)c1C. The standard InChI is InChI=1S/C17H24N4O2S/c1-11-9-12(2)14(4)17(13(11)3)24(22,23)19-8-7-16-20-18-10-21(16)15-5-6-15/h9-10,15,19H,5-8H2,1-4H3. The third-order valence-electron chi connectivity index (χ3n) is 4.79. The topological polar surface area (TPSA) is 76.9 Å². The average Bonchev–Trinajstić information content (AvgIpc) is 3.25. The van der Waals surface area contributed by atoms with Crippen molar-refractivity contribution in [2.24, 2.45) is 0 Å². The van der Waals surface area contributed by atoms with Crippen molar-refractivity contribution >= 4 is 10.0 Å². The van der Waals surface area contributed by atoms with Gasteiger partial charge in [-0.25, -0.2) is 13.1 Å². The second-order valence-electron chi connectivity index (χ2n) is 6.62. The van der Waals surface area contributed by atoms with Crippen LogP contribution < -0.4 is 4.72 Å². The fraction of sp³-hybridized carbons (Fsp3) is 0.529. The minimum atomic E-state index is -3.54. The Morgan fingerprint density at radius 2 is 1.79 bits per heavy atom. The first-order valence-corrected chi connectivity index (χ1v) is 9.75. The molecule has 2 aromatic rings. The molecule has 1 heterocycles. The number of nitrogens with one attached hydrogen (secondary N) is 1. The maximum atomic E-state index is 12.8. The van der Waals surface area contributed by atoms with E-state index < -0.39 is 10.0 Å². The number of aromatic nitrogens is 3. The van der Waals surface area contributed by atoms with Gasteiger partial charge in [-0.3, -0.25) is 0 Å². The van der Waals surface area contributed by atoms with Crippen molar-refractivity contribution in [2.75, 3.05) is 6.54 Å². The second kappa shape index (κ2) is 6.29. The van der Waals surface area contributed by atoms with Gasteiger partial charge in [-0.05, 0) is 62.8 Å². The molecule has 0 amide bonds. The lowest BCUT2D eigenvalue weighted by molar-refractivity contribution is 0.577. The fourth-order valence-corrected chi connectivity index (χ4v) is 4.70. The number of nitrogens with zero attached hydrogens (tertiary/aromatic N) is 3. The van der Waals surface area contributed by atoms with Gasteiger partial charge in [0.25, 0.3) is 0 Å². The molecule has 1 aliphatic carbocycles. The molecule has 1 N–H and O–H groups in total. The van der Waals surface area contributed by atoms with Gasteiger partial charge in [-0.2, -0.15) is 0 Å². The molecule has 0 spiro atoms. The molecule has 6 nitrogen and oxygen atoms in total. The number of hydrogen-bond donors (Lipinski definition) is 1. The largest absolute Gasteiger partial charge is 0.314 e. The van der Waals surface area contributed by atoms with Crippen molar-refractivity contribution in [3.05, 3.63) is 40.5 Å². The summed E-state index contributed by atoms with van der Waals surface area (Å²) in [5.74, 6) is 0.842. The van der Waals surface area contributed by atoms with E-state index in [0.29, 0.717) is 23.9 Å². The van der Waals surface area contributed by atoms with Gasteiger partial charge in [0, 0.05) is 19.0 Å². The third-order valence-corrected chi connectivity index (χ3v) is 6.53. The predicted molar refractivity (Wildman–Crippen MR) is 92.6 cm³/mol. The highest BCUT2D eigenvalue weighted by Gasteiger charge is 2.26. The van der Waals surface area contributed by atoms with Crippen LogP contribution in [0.4, 0.5) is 0 Å². The van der Waals surface area contributed by atoms with Crippen LogP contribution in [0.15, 0.2) is 17.3 Å². The van der Waals surface area contributed by atoms with Crippen LogP contribution in [0.25, 0.3) is 0 Å². The molecule has 1 fully saturated rings. The van der Waals surface area contributed by atoms with Gasteiger partial charge in [0.2, 0.25) is 10.0 Å². The highest BCUT2D eigenvalue weighted by Crippen LogP contribution is 2.35. The molecule has 7 heteroatoms. The number of rotatable bonds is 6. The maximum Gasteiger partial charge on any atom is 0.241 e. The monoisotopic (exact) mass is 348 g/mol. The Balaban J connectivity index is 1.76. The molecule has 0 atom stereocenters. The van der Waals surface area contributed by atoms with Crippen LogP contribution in [-0.4, -0.2) is 29.7 Å². The number of sulfonamides is 1. The van der Waals surface area contributed by atoms with E-state index in [1.165, 1.54) is 0 Å². The van der Waals surface area contributed by atoms with Crippen LogP contribution in [0, 0.1) is 27.7 Å². The first kappa shape index (κ1) is 17.1. The van der Waals surface area contributed by atoms with E-state index in [4.69, 9.17) is 0 Å². The molecule has 0 bridgehead atoms. The minimum Gasteiger partial charge on any atom is -0.314 e. The van der Waals surface area contributed by atoms with E-state index in [1.807, 2.05) is 33.8 Å². The average molecular weight is 348 g/mol. The van der Waals surface area contributed by atoms with Gasteiger partial charge in [0.05, 0.1) is 4.90 Å². The van der Waals surface area contributed by atoms with Gasteiger partial charge in [0.1, 0.15) is 12.2 Å². The number of aryl methyl sites for hydroxylation is 2. The van der Waals surface area contributed by atoms with Crippen LogP contribution in [0.1, 0.15) is 47.0 Å². The van der Waals surface area contributed by atoms with Crippen molar-refractivity contribution in [1.29, 1.82) is 0 Å². The van der Waals surface area contributed by atoms with Crippen LogP contribution in [-0.2, 0) is 16.4 Å². The summed E-state index contributed by atoms with van der Waals surface area (Å²) in [7, 11) is -3.54. The van der Waals surface area contributed by atoms with E-state index in [1.54, 1.807) is 6.33 Å². The van der Waals surface area contributed by atoms with Crippen LogP contribution in [0.5, 0.6) is 0 Å². The van der Waals surface area contributed by atoms with Gasteiger partial charge in [0.15, 0.2) is 0 Å². The summed E-state index contributed by atoms with van der Waals surface area (Å²) in [6.45, 7) is 7.93. The second-order valence-corrected chi connectivity index (χ2v) is 8.33. The molecule has 1 aromatic heterocycles. The summed E-state index contributed by atoms with van der Waals surface area (Å²) in [4.78, 5) is 0.406. The Labute approximate surface area is 143 Å². The zero-order valence-electron chi connectivity index (χ0n) is 14.6. The lowest BCUT2D eigenvalue weighted by Crippen LogP contribution is -2.28. The number of hydrogen-bond acceptors (Lipinski definition) is 4.